The number of carbonyl (C=O) groups is 1. The van der Waals surface area contributed by atoms with Crippen molar-refractivity contribution in [2.45, 2.75) is 38.3 Å². The van der Waals surface area contributed by atoms with E-state index in [4.69, 9.17) is 0 Å². The summed E-state index contributed by atoms with van der Waals surface area (Å²) in [6.45, 7) is 2.06. The van der Waals surface area contributed by atoms with Crippen molar-refractivity contribution < 1.29 is 9.18 Å². The van der Waals surface area contributed by atoms with E-state index < -0.39 is 0 Å². The summed E-state index contributed by atoms with van der Waals surface area (Å²) in [4.78, 5) is 29.0. The van der Waals surface area contributed by atoms with Gasteiger partial charge in [-0.3, -0.25) is 9.59 Å². The fourth-order valence-electron chi connectivity index (χ4n) is 3.50. The van der Waals surface area contributed by atoms with Crippen molar-refractivity contribution in [3.05, 3.63) is 46.0 Å². The van der Waals surface area contributed by atoms with Crippen molar-refractivity contribution in [2.75, 3.05) is 13.1 Å². The van der Waals surface area contributed by atoms with E-state index in [1.807, 2.05) is 11.0 Å². The number of halogens is 1. The number of benzene rings is 1. The first-order valence-corrected chi connectivity index (χ1v) is 8.94. The number of rotatable bonds is 4. The number of nitrogens with one attached hydrogen (secondary N) is 2. The van der Waals surface area contributed by atoms with E-state index in [1.165, 1.54) is 12.1 Å². The molecule has 2 aromatic rings. The second-order valence-electron chi connectivity index (χ2n) is 7.11. The number of amides is 1. The molecule has 0 unspecified atom stereocenters. The van der Waals surface area contributed by atoms with Gasteiger partial charge in [0.15, 0.2) is 0 Å². The number of aromatic amines is 1. The van der Waals surface area contributed by atoms with Gasteiger partial charge in [-0.2, -0.15) is 0 Å². The maximum Gasteiger partial charge on any atom is 0.252 e. The van der Waals surface area contributed by atoms with Gasteiger partial charge in [0.05, 0.1) is 5.52 Å². The van der Waals surface area contributed by atoms with Gasteiger partial charge < -0.3 is 15.2 Å². The van der Waals surface area contributed by atoms with Crippen LogP contribution in [0.2, 0.25) is 0 Å². The standard InChI is InChI=1S/C19H22FN3O2/c20-15-4-3-13-9-14(18(24)22-17(13)10-15)11-21-16-5-7-23(8-6-16)19(25)12-1-2-12/h3-4,9-10,12,16,21H,1-2,5-8,11H2,(H,22,24). The van der Waals surface area contributed by atoms with E-state index in [0.29, 0.717) is 29.6 Å². The van der Waals surface area contributed by atoms with E-state index in [0.717, 1.165) is 44.2 Å². The van der Waals surface area contributed by atoms with Gasteiger partial charge in [0.2, 0.25) is 5.91 Å². The molecule has 2 aliphatic rings. The molecule has 6 heteroatoms. The highest BCUT2D eigenvalue weighted by molar-refractivity contribution is 5.81. The van der Waals surface area contributed by atoms with Gasteiger partial charge in [-0.15, -0.1) is 0 Å². The lowest BCUT2D eigenvalue weighted by Gasteiger charge is -2.32. The van der Waals surface area contributed by atoms with Crippen LogP contribution in [0.25, 0.3) is 10.9 Å². The van der Waals surface area contributed by atoms with Crippen LogP contribution in [0.1, 0.15) is 31.2 Å². The number of hydrogen-bond acceptors (Lipinski definition) is 3. The van der Waals surface area contributed by atoms with Crippen LogP contribution in [0, 0.1) is 11.7 Å². The maximum atomic E-state index is 13.2. The molecule has 1 aliphatic carbocycles. The highest BCUT2D eigenvalue weighted by atomic mass is 19.1. The Morgan fingerprint density at radius 3 is 2.68 bits per heavy atom. The zero-order valence-corrected chi connectivity index (χ0v) is 14.1. The molecule has 1 aliphatic heterocycles. The number of piperidine rings is 1. The molecule has 1 amide bonds. The van der Waals surface area contributed by atoms with Gasteiger partial charge >= 0.3 is 0 Å². The molecule has 0 atom stereocenters. The molecule has 4 rings (SSSR count). The van der Waals surface area contributed by atoms with E-state index in [1.54, 1.807) is 6.07 Å². The predicted molar refractivity (Wildman–Crippen MR) is 93.7 cm³/mol. The average Bonchev–Trinajstić information content (AvgIpc) is 3.45. The van der Waals surface area contributed by atoms with E-state index in [2.05, 4.69) is 10.3 Å². The van der Waals surface area contributed by atoms with Gasteiger partial charge in [0, 0.05) is 37.2 Å². The number of pyridine rings is 1. The third-order valence-corrected chi connectivity index (χ3v) is 5.20. The number of fused-ring (bicyclic) bond motifs is 1. The Labute approximate surface area is 145 Å². The van der Waals surface area contributed by atoms with Crippen LogP contribution in [0.5, 0.6) is 0 Å². The molecule has 5 nitrogen and oxygen atoms in total. The molecule has 0 bridgehead atoms. The van der Waals surface area contributed by atoms with E-state index in [-0.39, 0.29) is 17.3 Å². The number of likely N-dealkylation sites (tertiary alicyclic amines) is 1. The van der Waals surface area contributed by atoms with Crippen LogP contribution in [0.3, 0.4) is 0 Å². The number of aromatic nitrogens is 1. The minimum absolute atomic E-state index is 0.188. The van der Waals surface area contributed by atoms with Crippen LogP contribution in [0.15, 0.2) is 29.1 Å². The summed E-state index contributed by atoms with van der Waals surface area (Å²) in [7, 11) is 0. The summed E-state index contributed by atoms with van der Waals surface area (Å²) in [6, 6.07) is 6.52. The summed E-state index contributed by atoms with van der Waals surface area (Å²) in [5, 5.41) is 4.25. The molecule has 132 valence electrons. The van der Waals surface area contributed by atoms with Crippen LogP contribution in [0.4, 0.5) is 4.39 Å². The van der Waals surface area contributed by atoms with Gasteiger partial charge in [0.25, 0.3) is 5.56 Å². The summed E-state index contributed by atoms with van der Waals surface area (Å²) in [5.74, 6) is 0.240. The molecular weight excluding hydrogens is 321 g/mol. The third kappa shape index (κ3) is 3.58. The molecular formula is C19H22FN3O2. The zero-order valence-electron chi connectivity index (χ0n) is 14.1. The molecule has 0 spiro atoms. The highest BCUT2D eigenvalue weighted by Crippen LogP contribution is 2.31. The summed E-state index contributed by atoms with van der Waals surface area (Å²) >= 11 is 0. The van der Waals surface area contributed by atoms with Gasteiger partial charge in [-0.1, -0.05) is 0 Å². The van der Waals surface area contributed by atoms with Crippen LogP contribution in [-0.2, 0) is 11.3 Å². The molecule has 2 N–H and O–H groups in total. The quantitative estimate of drug-likeness (QED) is 0.894. The highest BCUT2D eigenvalue weighted by Gasteiger charge is 2.34. The van der Waals surface area contributed by atoms with Crippen LogP contribution in [-0.4, -0.2) is 34.9 Å². The molecule has 0 radical (unpaired) electrons. The topological polar surface area (TPSA) is 65.2 Å². The van der Waals surface area contributed by atoms with Crippen LogP contribution >= 0.6 is 0 Å². The number of carbonyl (C=O) groups excluding carboxylic acids is 1. The van der Waals surface area contributed by atoms with Crippen molar-refractivity contribution >= 4 is 16.8 Å². The monoisotopic (exact) mass is 343 g/mol. The van der Waals surface area contributed by atoms with Gasteiger partial charge in [-0.25, -0.2) is 4.39 Å². The zero-order chi connectivity index (χ0) is 17.4. The number of H-pyrrole nitrogens is 1. The molecule has 1 aromatic heterocycles. The largest absolute Gasteiger partial charge is 0.342 e. The van der Waals surface area contributed by atoms with Crippen molar-refractivity contribution in [3.63, 3.8) is 0 Å². The lowest BCUT2D eigenvalue weighted by molar-refractivity contribution is -0.133. The fraction of sp³-hybridized carbons (Fsp3) is 0.474. The normalized spacial score (nSPS) is 18.7. The van der Waals surface area contributed by atoms with Crippen molar-refractivity contribution in [1.82, 2.24) is 15.2 Å². The Kier molecular flexibility index (Phi) is 4.29. The number of nitrogens with zero attached hydrogens (tertiary/aromatic N) is 1. The van der Waals surface area contributed by atoms with Crippen LogP contribution < -0.4 is 10.9 Å². The molecule has 25 heavy (non-hydrogen) atoms. The molecule has 1 saturated heterocycles. The molecule has 2 fully saturated rings. The van der Waals surface area contributed by atoms with Crippen molar-refractivity contribution in [2.24, 2.45) is 5.92 Å². The Balaban J connectivity index is 1.36. The minimum atomic E-state index is -0.360. The Hall–Kier alpha value is -2.21. The number of hydrogen-bond donors (Lipinski definition) is 2. The van der Waals surface area contributed by atoms with E-state index >= 15 is 0 Å². The SMILES string of the molecule is O=C(C1CC1)N1CCC(NCc2cc3ccc(F)cc3[nH]c2=O)CC1. The van der Waals surface area contributed by atoms with Crippen molar-refractivity contribution in [1.29, 1.82) is 0 Å². The Bertz CT molecular complexity index is 851. The lowest BCUT2D eigenvalue weighted by atomic mass is 10.0. The minimum Gasteiger partial charge on any atom is -0.342 e. The van der Waals surface area contributed by atoms with Gasteiger partial charge in [0.1, 0.15) is 5.82 Å². The predicted octanol–water partition coefficient (Wildman–Crippen LogP) is 2.16. The first-order chi connectivity index (χ1) is 12.1. The Morgan fingerprint density at radius 1 is 1.20 bits per heavy atom. The maximum absolute atomic E-state index is 13.2. The second-order valence-corrected chi connectivity index (χ2v) is 7.11. The smallest absolute Gasteiger partial charge is 0.252 e. The average molecular weight is 343 g/mol. The first kappa shape index (κ1) is 16.3. The molecule has 1 saturated carbocycles. The lowest BCUT2D eigenvalue weighted by Crippen LogP contribution is -2.45. The third-order valence-electron chi connectivity index (χ3n) is 5.20. The first-order valence-electron chi connectivity index (χ1n) is 8.94. The molecule has 1 aromatic carbocycles. The second kappa shape index (κ2) is 6.59. The van der Waals surface area contributed by atoms with Crippen molar-refractivity contribution in [3.8, 4) is 0 Å². The Morgan fingerprint density at radius 2 is 1.96 bits per heavy atom. The van der Waals surface area contributed by atoms with Gasteiger partial charge in [-0.05, 0) is 55.3 Å². The van der Waals surface area contributed by atoms with E-state index in [9.17, 15) is 14.0 Å². The fourth-order valence-corrected chi connectivity index (χ4v) is 3.50. The summed E-state index contributed by atoms with van der Waals surface area (Å²) in [6.07, 6.45) is 3.92. The molecule has 2 heterocycles. The summed E-state index contributed by atoms with van der Waals surface area (Å²) in [5.41, 5.74) is 0.975. The summed E-state index contributed by atoms with van der Waals surface area (Å²) < 4.78 is 13.2.